The maximum Gasteiger partial charge on any atom is 0.335 e. The van der Waals surface area contributed by atoms with Crippen LogP contribution in [-0.4, -0.2) is 26.8 Å². The predicted octanol–water partition coefficient (Wildman–Crippen LogP) is 2.59. The van der Waals surface area contributed by atoms with Crippen molar-refractivity contribution in [2.45, 2.75) is 13.3 Å². The number of aromatic nitrogens is 2. The number of rotatable bonds is 4. The van der Waals surface area contributed by atoms with Gasteiger partial charge in [0.2, 0.25) is 0 Å². The van der Waals surface area contributed by atoms with Crippen molar-refractivity contribution in [3.05, 3.63) is 46.2 Å². The van der Waals surface area contributed by atoms with Gasteiger partial charge in [-0.25, -0.2) is 4.79 Å². The Kier molecular flexibility index (Phi) is 4.28. The van der Waals surface area contributed by atoms with Gasteiger partial charge in [0.25, 0.3) is 5.91 Å². The van der Waals surface area contributed by atoms with Gasteiger partial charge in [0, 0.05) is 13.2 Å². The normalized spacial score (nSPS) is 10.4. The minimum Gasteiger partial charge on any atom is -0.478 e. The van der Waals surface area contributed by atoms with E-state index in [-0.39, 0.29) is 16.5 Å². The molecule has 1 heterocycles. The Morgan fingerprint density at radius 3 is 2.71 bits per heavy atom. The standard InChI is InChI=1S/C14H14ClN3O3/c1-3-11-9(7-18(2)17-11)13(19)16-12-5-4-8(14(20)21)6-10(12)15/h4-7H,3H2,1-2H3,(H,16,19)(H,20,21). The molecule has 1 amide bonds. The second-order valence-corrected chi connectivity index (χ2v) is 4.88. The smallest absolute Gasteiger partial charge is 0.335 e. The molecule has 21 heavy (non-hydrogen) atoms. The van der Waals surface area contributed by atoms with Crippen LogP contribution in [0.2, 0.25) is 5.02 Å². The summed E-state index contributed by atoms with van der Waals surface area (Å²) in [6.07, 6.45) is 2.27. The maximum atomic E-state index is 12.2. The molecule has 0 bridgehead atoms. The number of carbonyl (C=O) groups is 2. The number of carbonyl (C=O) groups excluding carboxylic acids is 1. The average Bonchev–Trinajstić information content (AvgIpc) is 2.82. The summed E-state index contributed by atoms with van der Waals surface area (Å²) in [4.78, 5) is 23.1. The topological polar surface area (TPSA) is 84.2 Å². The van der Waals surface area contributed by atoms with E-state index in [1.807, 2.05) is 6.92 Å². The number of anilines is 1. The molecule has 2 rings (SSSR count). The van der Waals surface area contributed by atoms with Gasteiger partial charge in [-0.15, -0.1) is 0 Å². The molecule has 0 unspecified atom stereocenters. The second-order valence-electron chi connectivity index (χ2n) is 4.47. The van der Waals surface area contributed by atoms with Crippen LogP contribution in [0.25, 0.3) is 0 Å². The molecule has 0 saturated carbocycles. The van der Waals surface area contributed by atoms with Crippen molar-refractivity contribution in [2.24, 2.45) is 7.05 Å². The Balaban J connectivity index is 2.25. The van der Waals surface area contributed by atoms with E-state index in [9.17, 15) is 9.59 Å². The molecular weight excluding hydrogens is 294 g/mol. The lowest BCUT2D eigenvalue weighted by Crippen LogP contribution is -2.13. The van der Waals surface area contributed by atoms with Crippen molar-refractivity contribution in [1.82, 2.24) is 9.78 Å². The third-order valence-electron chi connectivity index (χ3n) is 2.95. The van der Waals surface area contributed by atoms with Crippen molar-refractivity contribution in [2.75, 3.05) is 5.32 Å². The van der Waals surface area contributed by atoms with Crippen molar-refractivity contribution < 1.29 is 14.7 Å². The highest BCUT2D eigenvalue weighted by atomic mass is 35.5. The van der Waals surface area contributed by atoms with Crippen LogP contribution in [-0.2, 0) is 13.5 Å². The third kappa shape index (κ3) is 3.22. The molecule has 2 N–H and O–H groups in total. The average molecular weight is 308 g/mol. The Labute approximate surface area is 126 Å². The van der Waals surface area contributed by atoms with Crippen molar-refractivity contribution >= 4 is 29.2 Å². The molecule has 0 fully saturated rings. The van der Waals surface area contributed by atoms with E-state index in [2.05, 4.69) is 10.4 Å². The fourth-order valence-corrected chi connectivity index (χ4v) is 2.15. The van der Waals surface area contributed by atoms with Crippen LogP contribution in [0.3, 0.4) is 0 Å². The van der Waals surface area contributed by atoms with E-state index >= 15 is 0 Å². The Hall–Kier alpha value is -2.34. The van der Waals surface area contributed by atoms with Crippen LogP contribution in [0.15, 0.2) is 24.4 Å². The molecule has 1 aromatic heterocycles. The van der Waals surface area contributed by atoms with E-state index in [1.165, 1.54) is 18.2 Å². The van der Waals surface area contributed by atoms with E-state index < -0.39 is 5.97 Å². The second kappa shape index (κ2) is 5.97. The lowest BCUT2D eigenvalue weighted by Gasteiger charge is -2.07. The van der Waals surface area contributed by atoms with Gasteiger partial charge in [0.05, 0.1) is 27.5 Å². The van der Waals surface area contributed by atoms with Gasteiger partial charge in [-0.3, -0.25) is 9.48 Å². The van der Waals surface area contributed by atoms with Crippen LogP contribution < -0.4 is 5.32 Å². The Morgan fingerprint density at radius 2 is 2.14 bits per heavy atom. The summed E-state index contributed by atoms with van der Waals surface area (Å²) in [7, 11) is 1.74. The summed E-state index contributed by atoms with van der Waals surface area (Å²) in [5.41, 5.74) is 1.58. The summed E-state index contributed by atoms with van der Waals surface area (Å²) >= 11 is 5.98. The minimum atomic E-state index is -1.07. The molecule has 0 radical (unpaired) electrons. The summed E-state index contributed by atoms with van der Waals surface area (Å²) in [6.45, 7) is 1.91. The van der Waals surface area contributed by atoms with Gasteiger partial charge in [-0.2, -0.15) is 5.10 Å². The van der Waals surface area contributed by atoms with E-state index in [0.717, 1.165) is 0 Å². The van der Waals surface area contributed by atoms with E-state index in [4.69, 9.17) is 16.7 Å². The van der Waals surface area contributed by atoms with Crippen molar-refractivity contribution in [1.29, 1.82) is 0 Å². The van der Waals surface area contributed by atoms with Gasteiger partial charge in [-0.05, 0) is 24.6 Å². The summed E-state index contributed by atoms with van der Waals surface area (Å²) < 4.78 is 1.57. The lowest BCUT2D eigenvalue weighted by molar-refractivity contribution is 0.0696. The first kappa shape index (κ1) is 15.1. The number of carboxylic acid groups (broad SMARTS) is 1. The summed E-state index contributed by atoms with van der Waals surface area (Å²) in [5, 5.41) is 15.9. The molecule has 1 aromatic carbocycles. The predicted molar refractivity (Wildman–Crippen MR) is 79.0 cm³/mol. The number of nitrogens with zero attached hydrogens (tertiary/aromatic N) is 2. The number of nitrogens with one attached hydrogen (secondary N) is 1. The Bertz CT molecular complexity index is 709. The first-order valence-electron chi connectivity index (χ1n) is 6.29. The highest BCUT2D eigenvalue weighted by Gasteiger charge is 2.16. The number of aryl methyl sites for hydroxylation is 2. The van der Waals surface area contributed by atoms with E-state index in [0.29, 0.717) is 23.4 Å². The SMILES string of the molecule is CCc1nn(C)cc1C(=O)Nc1ccc(C(=O)O)cc1Cl. The lowest BCUT2D eigenvalue weighted by atomic mass is 10.1. The van der Waals surface area contributed by atoms with Gasteiger partial charge < -0.3 is 10.4 Å². The minimum absolute atomic E-state index is 0.0635. The van der Waals surface area contributed by atoms with Gasteiger partial charge in [0.1, 0.15) is 0 Å². The molecule has 2 aromatic rings. The third-order valence-corrected chi connectivity index (χ3v) is 3.26. The zero-order valence-electron chi connectivity index (χ0n) is 11.6. The number of hydrogen-bond acceptors (Lipinski definition) is 3. The molecule has 110 valence electrons. The maximum absolute atomic E-state index is 12.2. The zero-order chi connectivity index (χ0) is 15.6. The number of hydrogen-bond donors (Lipinski definition) is 2. The molecule has 0 spiro atoms. The quantitative estimate of drug-likeness (QED) is 0.909. The summed E-state index contributed by atoms with van der Waals surface area (Å²) in [6, 6.07) is 4.14. The highest BCUT2D eigenvalue weighted by Crippen LogP contribution is 2.24. The first-order chi connectivity index (χ1) is 9.92. The molecule has 0 saturated heterocycles. The molecule has 7 heteroatoms. The van der Waals surface area contributed by atoms with Crippen molar-refractivity contribution in [3.8, 4) is 0 Å². The van der Waals surface area contributed by atoms with Gasteiger partial charge in [-0.1, -0.05) is 18.5 Å². The monoisotopic (exact) mass is 307 g/mol. The highest BCUT2D eigenvalue weighted by molar-refractivity contribution is 6.34. The fraction of sp³-hybridized carbons (Fsp3) is 0.214. The molecule has 0 aliphatic rings. The molecule has 0 aliphatic heterocycles. The van der Waals surface area contributed by atoms with Crippen LogP contribution in [0.1, 0.15) is 33.3 Å². The molecular formula is C14H14ClN3O3. The van der Waals surface area contributed by atoms with Gasteiger partial charge >= 0.3 is 5.97 Å². The first-order valence-corrected chi connectivity index (χ1v) is 6.67. The largest absolute Gasteiger partial charge is 0.478 e. The number of aromatic carboxylic acids is 1. The van der Waals surface area contributed by atoms with Crippen molar-refractivity contribution in [3.63, 3.8) is 0 Å². The number of amides is 1. The zero-order valence-corrected chi connectivity index (χ0v) is 12.3. The molecule has 0 atom stereocenters. The van der Waals surface area contributed by atoms with Gasteiger partial charge in [0.15, 0.2) is 0 Å². The summed E-state index contributed by atoms with van der Waals surface area (Å²) in [5.74, 6) is -1.40. The number of halogens is 1. The molecule has 0 aliphatic carbocycles. The Morgan fingerprint density at radius 1 is 1.43 bits per heavy atom. The fourth-order valence-electron chi connectivity index (χ4n) is 1.92. The van der Waals surface area contributed by atoms with Crippen LogP contribution in [0.4, 0.5) is 5.69 Å². The van der Waals surface area contributed by atoms with Crippen LogP contribution in [0.5, 0.6) is 0 Å². The van der Waals surface area contributed by atoms with E-state index in [1.54, 1.807) is 17.9 Å². The van der Waals surface area contributed by atoms with Crippen LogP contribution in [0, 0.1) is 0 Å². The van der Waals surface area contributed by atoms with Crippen LogP contribution >= 0.6 is 11.6 Å². The number of carboxylic acids is 1. The molecule has 6 nitrogen and oxygen atoms in total. The number of benzene rings is 1.